The lowest BCUT2D eigenvalue weighted by Crippen LogP contribution is -2.31. The summed E-state index contributed by atoms with van der Waals surface area (Å²) in [5, 5.41) is 12.7. The molecule has 0 aliphatic heterocycles. The molecule has 0 saturated heterocycles. The number of carbonyl (C=O) groups is 1. The quantitative estimate of drug-likeness (QED) is 0.532. The van der Waals surface area contributed by atoms with E-state index in [0.717, 1.165) is 4.88 Å². The van der Waals surface area contributed by atoms with E-state index >= 15 is 0 Å². The monoisotopic (exact) mass is 396 g/mol. The van der Waals surface area contributed by atoms with Crippen molar-refractivity contribution in [3.63, 3.8) is 0 Å². The number of thiophene rings is 1. The number of pyridine rings is 1. The van der Waals surface area contributed by atoms with Crippen LogP contribution in [0.3, 0.4) is 0 Å². The molecule has 0 atom stereocenters. The summed E-state index contributed by atoms with van der Waals surface area (Å²) in [7, 11) is 1.63. The minimum atomic E-state index is -0.375. The summed E-state index contributed by atoms with van der Waals surface area (Å²) in [5.41, 5.74) is 0.510. The molecule has 0 aromatic carbocycles. The Morgan fingerprint density at radius 3 is 2.93 bits per heavy atom. The van der Waals surface area contributed by atoms with E-state index in [1.807, 2.05) is 23.6 Å². The molecule has 4 heterocycles. The van der Waals surface area contributed by atoms with Crippen LogP contribution in [-0.2, 0) is 13.6 Å². The maximum Gasteiger partial charge on any atom is 0.346 e. The van der Waals surface area contributed by atoms with Crippen LogP contribution >= 0.6 is 11.3 Å². The molecule has 0 spiro atoms. The van der Waals surface area contributed by atoms with Gasteiger partial charge in [0.2, 0.25) is 0 Å². The first kappa shape index (κ1) is 17.9. The van der Waals surface area contributed by atoms with Crippen LogP contribution in [0.5, 0.6) is 0 Å². The molecule has 0 aliphatic rings. The number of rotatable bonds is 6. The SMILES string of the molecule is Cn1c(-c2ccccn2)nn(CCNC(=O)c2cc(-c3cccs3)on2)c1=O. The maximum atomic E-state index is 12.3. The van der Waals surface area contributed by atoms with Crippen molar-refractivity contribution >= 4 is 17.2 Å². The molecule has 4 aromatic heterocycles. The third-order valence-electron chi connectivity index (χ3n) is 4.05. The van der Waals surface area contributed by atoms with Crippen molar-refractivity contribution in [3.05, 3.63) is 64.2 Å². The van der Waals surface area contributed by atoms with Gasteiger partial charge >= 0.3 is 5.69 Å². The van der Waals surface area contributed by atoms with Gasteiger partial charge in [-0.15, -0.1) is 16.4 Å². The van der Waals surface area contributed by atoms with E-state index in [1.165, 1.54) is 20.6 Å². The summed E-state index contributed by atoms with van der Waals surface area (Å²) in [5.74, 6) is 0.635. The Bertz CT molecular complexity index is 1140. The maximum absolute atomic E-state index is 12.3. The molecule has 0 saturated carbocycles. The van der Waals surface area contributed by atoms with Crippen molar-refractivity contribution in [2.24, 2.45) is 7.05 Å². The number of hydrogen-bond acceptors (Lipinski definition) is 7. The van der Waals surface area contributed by atoms with Crippen molar-refractivity contribution in [2.75, 3.05) is 6.54 Å². The zero-order valence-corrected chi connectivity index (χ0v) is 15.7. The van der Waals surface area contributed by atoms with Crippen LogP contribution in [0.15, 0.2) is 57.3 Å². The zero-order chi connectivity index (χ0) is 19.5. The molecule has 142 valence electrons. The molecule has 0 radical (unpaired) electrons. The van der Waals surface area contributed by atoms with Crippen LogP contribution in [0.2, 0.25) is 0 Å². The second kappa shape index (κ2) is 7.61. The molecular weight excluding hydrogens is 380 g/mol. The molecule has 10 heteroatoms. The predicted molar refractivity (Wildman–Crippen MR) is 103 cm³/mol. The van der Waals surface area contributed by atoms with Crippen molar-refractivity contribution in [1.29, 1.82) is 0 Å². The zero-order valence-electron chi connectivity index (χ0n) is 14.9. The van der Waals surface area contributed by atoms with E-state index in [0.29, 0.717) is 17.3 Å². The number of amides is 1. The fourth-order valence-electron chi connectivity index (χ4n) is 2.63. The minimum absolute atomic E-state index is 0.186. The van der Waals surface area contributed by atoms with Gasteiger partial charge in [-0.2, -0.15) is 0 Å². The Labute approximate surface area is 163 Å². The molecule has 0 bridgehead atoms. The second-order valence-corrected chi connectivity index (χ2v) is 6.86. The molecule has 1 N–H and O–H groups in total. The summed E-state index contributed by atoms with van der Waals surface area (Å²) in [6.07, 6.45) is 1.64. The summed E-state index contributed by atoms with van der Waals surface area (Å²) in [6, 6.07) is 10.8. The Morgan fingerprint density at radius 1 is 1.29 bits per heavy atom. The third kappa shape index (κ3) is 3.49. The highest BCUT2D eigenvalue weighted by Gasteiger charge is 2.15. The lowest BCUT2D eigenvalue weighted by molar-refractivity contribution is 0.0943. The minimum Gasteiger partial charge on any atom is -0.355 e. The number of hydrogen-bond donors (Lipinski definition) is 1. The average molecular weight is 396 g/mol. The molecule has 0 unspecified atom stereocenters. The van der Waals surface area contributed by atoms with Crippen molar-refractivity contribution in [3.8, 4) is 22.2 Å². The lowest BCUT2D eigenvalue weighted by Gasteiger charge is -2.01. The van der Waals surface area contributed by atoms with E-state index in [2.05, 4.69) is 20.6 Å². The first-order chi connectivity index (χ1) is 13.6. The van der Waals surface area contributed by atoms with Gasteiger partial charge in [0.1, 0.15) is 5.69 Å². The van der Waals surface area contributed by atoms with Gasteiger partial charge in [-0.1, -0.05) is 17.3 Å². The third-order valence-corrected chi connectivity index (χ3v) is 4.94. The van der Waals surface area contributed by atoms with Crippen LogP contribution in [0.4, 0.5) is 0 Å². The Morgan fingerprint density at radius 2 is 2.18 bits per heavy atom. The van der Waals surface area contributed by atoms with E-state index in [4.69, 9.17) is 4.52 Å². The lowest BCUT2D eigenvalue weighted by atomic mass is 10.3. The van der Waals surface area contributed by atoms with Gasteiger partial charge in [0.25, 0.3) is 5.91 Å². The first-order valence-corrected chi connectivity index (χ1v) is 9.35. The van der Waals surface area contributed by atoms with Crippen LogP contribution < -0.4 is 11.0 Å². The summed E-state index contributed by atoms with van der Waals surface area (Å²) in [4.78, 5) is 29.7. The Hall–Kier alpha value is -3.53. The Balaban J connectivity index is 1.40. The topological polar surface area (TPSA) is 108 Å². The molecule has 28 heavy (non-hydrogen) atoms. The average Bonchev–Trinajstić information content (AvgIpc) is 3.45. The summed E-state index contributed by atoms with van der Waals surface area (Å²) >= 11 is 1.50. The van der Waals surface area contributed by atoms with E-state index < -0.39 is 0 Å². The van der Waals surface area contributed by atoms with Crippen LogP contribution in [0, 0.1) is 0 Å². The second-order valence-electron chi connectivity index (χ2n) is 5.91. The van der Waals surface area contributed by atoms with Gasteiger partial charge in [-0.25, -0.2) is 9.48 Å². The highest BCUT2D eigenvalue weighted by atomic mass is 32.1. The van der Waals surface area contributed by atoms with Gasteiger partial charge in [-0.3, -0.25) is 14.3 Å². The highest BCUT2D eigenvalue weighted by Crippen LogP contribution is 2.25. The molecular formula is C18H16N6O3S. The van der Waals surface area contributed by atoms with Crippen molar-refractivity contribution < 1.29 is 9.32 Å². The largest absolute Gasteiger partial charge is 0.355 e. The van der Waals surface area contributed by atoms with Crippen molar-refractivity contribution in [2.45, 2.75) is 6.54 Å². The van der Waals surface area contributed by atoms with Crippen molar-refractivity contribution in [1.82, 2.24) is 29.8 Å². The predicted octanol–water partition coefficient (Wildman–Crippen LogP) is 1.79. The number of aromatic nitrogens is 5. The molecule has 1 amide bonds. The number of nitrogens with zero attached hydrogens (tertiary/aromatic N) is 5. The van der Waals surface area contributed by atoms with Gasteiger partial charge in [-0.05, 0) is 23.6 Å². The molecule has 9 nitrogen and oxygen atoms in total. The first-order valence-electron chi connectivity index (χ1n) is 8.47. The fraction of sp³-hybridized carbons (Fsp3) is 0.167. The van der Waals surface area contributed by atoms with E-state index in [9.17, 15) is 9.59 Å². The van der Waals surface area contributed by atoms with Gasteiger partial charge in [0.15, 0.2) is 17.3 Å². The number of nitrogens with one attached hydrogen (secondary N) is 1. The van der Waals surface area contributed by atoms with Gasteiger partial charge < -0.3 is 9.84 Å². The molecule has 0 fully saturated rings. The standard InChI is InChI=1S/C18H16N6O3S/c1-23-16(12-5-2-3-7-19-12)21-24(18(23)26)9-8-20-17(25)13-11-14(27-22-13)15-6-4-10-28-15/h2-7,10-11H,8-9H2,1H3,(H,20,25). The fourth-order valence-corrected chi connectivity index (χ4v) is 3.31. The van der Waals surface area contributed by atoms with Crippen LogP contribution in [-0.4, -0.2) is 36.9 Å². The molecule has 0 aliphatic carbocycles. The van der Waals surface area contributed by atoms with E-state index in [-0.39, 0.29) is 30.4 Å². The smallest absolute Gasteiger partial charge is 0.346 e. The summed E-state index contributed by atoms with van der Waals surface area (Å²) in [6.45, 7) is 0.444. The summed E-state index contributed by atoms with van der Waals surface area (Å²) < 4.78 is 7.93. The van der Waals surface area contributed by atoms with Crippen LogP contribution in [0.25, 0.3) is 22.2 Å². The molecule has 4 rings (SSSR count). The number of carbonyl (C=O) groups excluding carboxylic acids is 1. The Kier molecular flexibility index (Phi) is 4.85. The van der Waals surface area contributed by atoms with Gasteiger partial charge in [0, 0.05) is 25.9 Å². The van der Waals surface area contributed by atoms with Crippen LogP contribution in [0.1, 0.15) is 10.5 Å². The molecule has 4 aromatic rings. The van der Waals surface area contributed by atoms with E-state index in [1.54, 1.807) is 31.4 Å². The normalized spacial score (nSPS) is 10.9. The highest BCUT2D eigenvalue weighted by molar-refractivity contribution is 7.13. The van der Waals surface area contributed by atoms with Gasteiger partial charge in [0.05, 0.1) is 11.4 Å².